The van der Waals surface area contributed by atoms with Crippen LogP contribution >= 0.6 is 0 Å². The molecule has 0 aromatic carbocycles. The largest absolute Gasteiger partial charge is 1.00 e. The minimum Gasteiger partial charge on any atom is -0.390 e. The van der Waals surface area contributed by atoms with Crippen molar-refractivity contribution in [2.24, 2.45) is 0 Å². The maximum absolute atomic E-state index is 9.77. The Labute approximate surface area is 93.4 Å². The number of H-pyrrole nitrogens is 1. The van der Waals surface area contributed by atoms with Gasteiger partial charge in [0.15, 0.2) is 0 Å². The second-order valence-corrected chi connectivity index (χ2v) is 1.17. The van der Waals surface area contributed by atoms with E-state index in [1.807, 2.05) is 0 Å². The van der Waals surface area contributed by atoms with Gasteiger partial charge in [-0.15, -0.1) is 0 Å². The van der Waals surface area contributed by atoms with E-state index in [4.69, 9.17) is 0 Å². The molecule has 6 heteroatoms. The van der Waals surface area contributed by atoms with Crippen LogP contribution in [-0.4, -0.2) is 14.9 Å². The Balaban J connectivity index is 0.000000640. The van der Waals surface area contributed by atoms with Crippen LogP contribution in [0.3, 0.4) is 0 Å². The molecule has 42 valence electrons. The molecule has 1 aromatic rings. The molecule has 5 nitrogen and oxygen atoms in total. The minimum absolute atomic E-state index is 0. The van der Waals surface area contributed by atoms with Gasteiger partial charge in [0.05, 0.1) is 6.20 Å². The number of rotatable bonds is 1. The average Bonchev–Trinajstić information content (AvgIpc) is 2.12. The van der Waals surface area contributed by atoms with Crippen molar-refractivity contribution < 1.29 is 56.3 Å². The first kappa shape index (κ1) is 9.25. The van der Waals surface area contributed by atoms with Crippen LogP contribution in [0.5, 0.6) is 0 Å². The Bertz CT molecular complexity index is 185. The van der Waals surface area contributed by atoms with Gasteiger partial charge in [-0.2, -0.15) is 0 Å². The number of aromatic amines is 1. The van der Waals surface area contributed by atoms with Gasteiger partial charge < -0.3 is 10.1 Å². The molecule has 0 saturated carbocycles. The van der Waals surface area contributed by atoms with Crippen molar-refractivity contribution in [1.82, 2.24) is 9.97 Å². The van der Waals surface area contributed by atoms with Crippen LogP contribution in [0, 0.1) is 10.1 Å². The van der Waals surface area contributed by atoms with E-state index < -0.39 is 4.92 Å². The SMILES string of the molecule is O=[N+]([O-])c1ncc[nH]1.[K+]. The monoisotopic (exact) mass is 152 g/mol. The Kier molecular flexibility index (Phi) is 4.24. The molecule has 0 saturated heterocycles. The van der Waals surface area contributed by atoms with Crippen LogP contribution in [0.2, 0.25) is 0 Å². The van der Waals surface area contributed by atoms with E-state index in [1.165, 1.54) is 12.4 Å². The summed E-state index contributed by atoms with van der Waals surface area (Å²) in [6.45, 7) is 0. The van der Waals surface area contributed by atoms with Crippen molar-refractivity contribution >= 4 is 5.95 Å². The molecule has 0 amide bonds. The summed E-state index contributed by atoms with van der Waals surface area (Å²) < 4.78 is 0. The molecule has 0 spiro atoms. The second-order valence-electron chi connectivity index (χ2n) is 1.17. The summed E-state index contributed by atoms with van der Waals surface area (Å²) in [5.41, 5.74) is 0. The first-order valence-electron chi connectivity index (χ1n) is 1.94. The molecule has 1 aromatic heterocycles. The number of aromatic nitrogens is 2. The third-order valence-corrected chi connectivity index (χ3v) is 0.657. The number of hydrogen-bond donors (Lipinski definition) is 1. The van der Waals surface area contributed by atoms with Gasteiger partial charge in [-0.25, -0.2) is 4.98 Å². The van der Waals surface area contributed by atoms with E-state index in [-0.39, 0.29) is 57.3 Å². The maximum Gasteiger partial charge on any atom is 1.00 e. The predicted molar refractivity (Wildman–Crippen MR) is 25.2 cm³/mol. The van der Waals surface area contributed by atoms with Crippen molar-refractivity contribution in [1.29, 1.82) is 0 Å². The fourth-order valence-electron chi connectivity index (χ4n) is 0.357. The van der Waals surface area contributed by atoms with E-state index in [2.05, 4.69) is 9.97 Å². The van der Waals surface area contributed by atoms with Crippen molar-refractivity contribution in [2.75, 3.05) is 0 Å². The topological polar surface area (TPSA) is 71.8 Å². The summed E-state index contributed by atoms with van der Waals surface area (Å²) in [4.78, 5) is 14.9. The number of nitro groups is 1. The fourth-order valence-corrected chi connectivity index (χ4v) is 0.357. The Morgan fingerprint density at radius 2 is 2.44 bits per heavy atom. The Morgan fingerprint density at radius 3 is 2.67 bits per heavy atom. The molecule has 0 aliphatic carbocycles. The van der Waals surface area contributed by atoms with Crippen LogP contribution in [0.4, 0.5) is 5.95 Å². The third-order valence-electron chi connectivity index (χ3n) is 0.657. The first-order chi connectivity index (χ1) is 3.80. The minimum atomic E-state index is -0.583. The zero-order chi connectivity index (χ0) is 5.98. The van der Waals surface area contributed by atoms with Crippen molar-refractivity contribution in [3.63, 3.8) is 0 Å². The summed E-state index contributed by atoms with van der Waals surface area (Å²) in [6, 6.07) is 0. The molecule has 0 unspecified atom stereocenters. The second kappa shape index (κ2) is 4.12. The normalized spacial score (nSPS) is 8.00. The van der Waals surface area contributed by atoms with Crippen molar-refractivity contribution in [3.8, 4) is 0 Å². The molecule has 1 rings (SSSR count). The molecule has 1 heterocycles. The predicted octanol–water partition coefficient (Wildman–Crippen LogP) is -2.68. The van der Waals surface area contributed by atoms with Gasteiger partial charge >= 0.3 is 57.3 Å². The van der Waals surface area contributed by atoms with E-state index in [0.717, 1.165) is 0 Å². The third kappa shape index (κ3) is 2.54. The summed E-state index contributed by atoms with van der Waals surface area (Å²) in [7, 11) is 0. The summed E-state index contributed by atoms with van der Waals surface area (Å²) in [5.74, 6) is -0.218. The van der Waals surface area contributed by atoms with E-state index in [0.29, 0.717) is 0 Å². The standard InChI is InChI=1S/C3H3N3O2.K/c7-6(8)3-4-1-2-5-3;/h1-2H,(H,4,5);/q;+1. The summed E-state index contributed by atoms with van der Waals surface area (Å²) >= 11 is 0. The summed E-state index contributed by atoms with van der Waals surface area (Å²) in [5, 5.41) is 9.77. The fraction of sp³-hybridized carbons (Fsp3) is 0. The number of nitrogens with one attached hydrogen (secondary N) is 1. The number of imidazole rings is 1. The van der Waals surface area contributed by atoms with Gasteiger partial charge in [0.25, 0.3) is 0 Å². The zero-order valence-corrected chi connectivity index (χ0v) is 7.99. The Hall–Kier alpha value is 0.246. The van der Waals surface area contributed by atoms with Crippen LogP contribution in [0.1, 0.15) is 0 Å². The molecule has 0 atom stereocenters. The van der Waals surface area contributed by atoms with E-state index >= 15 is 0 Å². The van der Waals surface area contributed by atoms with Gasteiger partial charge in [-0.3, -0.25) is 0 Å². The van der Waals surface area contributed by atoms with E-state index in [1.54, 1.807) is 0 Å². The number of nitrogens with zero attached hydrogens (tertiary/aromatic N) is 2. The van der Waals surface area contributed by atoms with Gasteiger partial charge in [-0.1, -0.05) is 4.98 Å². The van der Waals surface area contributed by atoms with Crippen LogP contribution in [0.25, 0.3) is 0 Å². The maximum atomic E-state index is 9.77. The molecular formula is C3H3KN3O2+. The van der Waals surface area contributed by atoms with Crippen LogP contribution in [-0.2, 0) is 0 Å². The first-order valence-corrected chi connectivity index (χ1v) is 1.94. The summed E-state index contributed by atoms with van der Waals surface area (Å²) in [6.07, 6.45) is 2.73. The molecule has 1 N–H and O–H groups in total. The molecule has 0 aliphatic heterocycles. The molecule has 0 aliphatic rings. The van der Waals surface area contributed by atoms with E-state index in [9.17, 15) is 10.1 Å². The Morgan fingerprint density at radius 1 is 1.78 bits per heavy atom. The van der Waals surface area contributed by atoms with Crippen LogP contribution in [0.15, 0.2) is 12.4 Å². The molecule has 0 bridgehead atoms. The number of hydrogen-bond acceptors (Lipinski definition) is 3. The smallest absolute Gasteiger partial charge is 0.390 e. The van der Waals surface area contributed by atoms with Gasteiger partial charge in [0, 0.05) is 0 Å². The van der Waals surface area contributed by atoms with Crippen molar-refractivity contribution in [2.45, 2.75) is 0 Å². The quantitative estimate of drug-likeness (QED) is 0.271. The van der Waals surface area contributed by atoms with Crippen LogP contribution < -0.4 is 51.4 Å². The molecule has 9 heavy (non-hydrogen) atoms. The average molecular weight is 152 g/mol. The molecule has 0 radical (unpaired) electrons. The molecule has 0 fully saturated rings. The zero-order valence-electron chi connectivity index (χ0n) is 4.87. The van der Waals surface area contributed by atoms with Gasteiger partial charge in [-0.05, 0) is 4.92 Å². The van der Waals surface area contributed by atoms with Crippen molar-refractivity contribution in [3.05, 3.63) is 22.5 Å². The van der Waals surface area contributed by atoms with Gasteiger partial charge in [0.1, 0.15) is 6.20 Å². The molecular weight excluding hydrogens is 149 g/mol. The van der Waals surface area contributed by atoms with Gasteiger partial charge in [0.2, 0.25) is 0 Å².